The van der Waals surface area contributed by atoms with Crippen LogP contribution in [0.5, 0.6) is 0 Å². The van der Waals surface area contributed by atoms with Gasteiger partial charge in [0.05, 0.1) is 12.8 Å². The second kappa shape index (κ2) is 5.79. The van der Waals surface area contributed by atoms with Crippen molar-refractivity contribution >= 4 is 23.3 Å². The minimum absolute atomic E-state index is 0.0521. The summed E-state index contributed by atoms with van der Waals surface area (Å²) >= 11 is 0. The van der Waals surface area contributed by atoms with E-state index >= 15 is 0 Å². The molecule has 0 aromatic heterocycles. The summed E-state index contributed by atoms with van der Waals surface area (Å²) in [6.07, 6.45) is -0.124. The lowest BCUT2D eigenvalue weighted by Crippen LogP contribution is -2.18. The first kappa shape index (κ1) is 12.9. The van der Waals surface area contributed by atoms with Crippen LogP contribution < -0.4 is 11.1 Å². The SMILES string of the molecule is CC(=O)CC(=O)Nc1ccccc1CC(N)=O. The lowest BCUT2D eigenvalue weighted by molar-refractivity contribution is -0.124. The van der Waals surface area contributed by atoms with Crippen molar-refractivity contribution in [3.05, 3.63) is 29.8 Å². The highest BCUT2D eigenvalue weighted by molar-refractivity contribution is 6.04. The Kier molecular flexibility index (Phi) is 4.39. The third-order valence-electron chi connectivity index (χ3n) is 2.07. The predicted octanol–water partition coefficient (Wildman–Crippen LogP) is 0.632. The van der Waals surface area contributed by atoms with Gasteiger partial charge in [-0.3, -0.25) is 14.4 Å². The maximum Gasteiger partial charge on any atom is 0.231 e. The fraction of sp³-hybridized carbons (Fsp3) is 0.250. The molecule has 0 aliphatic heterocycles. The van der Waals surface area contributed by atoms with Gasteiger partial charge >= 0.3 is 0 Å². The molecule has 5 heteroatoms. The van der Waals surface area contributed by atoms with Gasteiger partial charge in [0.2, 0.25) is 11.8 Å². The number of carbonyl (C=O) groups excluding carboxylic acids is 3. The predicted molar refractivity (Wildman–Crippen MR) is 63.3 cm³/mol. The molecule has 0 heterocycles. The summed E-state index contributed by atoms with van der Waals surface area (Å²) in [7, 11) is 0. The van der Waals surface area contributed by atoms with Gasteiger partial charge in [-0.05, 0) is 18.6 Å². The van der Waals surface area contributed by atoms with E-state index in [4.69, 9.17) is 5.73 Å². The Morgan fingerprint density at radius 3 is 2.47 bits per heavy atom. The van der Waals surface area contributed by atoms with Crippen molar-refractivity contribution < 1.29 is 14.4 Å². The number of hydrogen-bond donors (Lipinski definition) is 2. The van der Waals surface area contributed by atoms with Crippen LogP contribution in [0.3, 0.4) is 0 Å². The molecule has 2 amide bonds. The quantitative estimate of drug-likeness (QED) is 0.732. The lowest BCUT2D eigenvalue weighted by Gasteiger charge is -2.09. The first-order valence-corrected chi connectivity index (χ1v) is 5.14. The molecule has 0 spiro atoms. The summed E-state index contributed by atoms with van der Waals surface area (Å²) in [5, 5.41) is 2.58. The number of rotatable bonds is 5. The molecule has 0 fully saturated rings. The normalized spacial score (nSPS) is 9.71. The van der Waals surface area contributed by atoms with E-state index in [2.05, 4.69) is 5.32 Å². The molecule has 0 saturated carbocycles. The molecule has 17 heavy (non-hydrogen) atoms. The molecule has 1 rings (SSSR count). The van der Waals surface area contributed by atoms with Gasteiger partial charge in [0.15, 0.2) is 0 Å². The van der Waals surface area contributed by atoms with E-state index in [1.807, 2.05) is 0 Å². The largest absolute Gasteiger partial charge is 0.369 e. The number of para-hydroxylation sites is 1. The number of anilines is 1. The van der Waals surface area contributed by atoms with E-state index in [0.717, 1.165) is 0 Å². The number of ketones is 1. The second-order valence-corrected chi connectivity index (χ2v) is 3.73. The third kappa shape index (κ3) is 4.46. The Labute approximate surface area is 99.0 Å². The van der Waals surface area contributed by atoms with Crippen LogP contribution in [-0.4, -0.2) is 17.6 Å². The molecular weight excluding hydrogens is 220 g/mol. The first-order valence-electron chi connectivity index (χ1n) is 5.14. The van der Waals surface area contributed by atoms with Gasteiger partial charge in [-0.1, -0.05) is 18.2 Å². The summed E-state index contributed by atoms with van der Waals surface area (Å²) in [4.78, 5) is 33.0. The number of nitrogens with two attached hydrogens (primary N) is 1. The van der Waals surface area contributed by atoms with Gasteiger partial charge in [-0.2, -0.15) is 0 Å². The Morgan fingerprint density at radius 1 is 1.24 bits per heavy atom. The molecule has 3 N–H and O–H groups in total. The Hall–Kier alpha value is -2.17. The molecule has 5 nitrogen and oxygen atoms in total. The van der Waals surface area contributed by atoms with Gasteiger partial charge in [-0.25, -0.2) is 0 Å². The van der Waals surface area contributed by atoms with Gasteiger partial charge in [0.1, 0.15) is 5.78 Å². The van der Waals surface area contributed by atoms with Crippen molar-refractivity contribution in [3.63, 3.8) is 0 Å². The smallest absolute Gasteiger partial charge is 0.231 e. The zero-order valence-electron chi connectivity index (χ0n) is 9.53. The molecule has 0 radical (unpaired) electrons. The summed E-state index contributed by atoms with van der Waals surface area (Å²) in [6.45, 7) is 1.34. The van der Waals surface area contributed by atoms with E-state index in [0.29, 0.717) is 11.3 Å². The van der Waals surface area contributed by atoms with E-state index in [-0.39, 0.29) is 18.6 Å². The minimum atomic E-state index is -0.474. The van der Waals surface area contributed by atoms with Crippen molar-refractivity contribution in [2.24, 2.45) is 5.73 Å². The van der Waals surface area contributed by atoms with E-state index in [1.165, 1.54) is 6.92 Å². The van der Waals surface area contributed by atoms with Crippen molar-refractivity contribution in [2.75, 3.05) is 5.32 Å². The van der Waals surface area contributed by atoms with E-state index in [9.17, 15) is 14.4 Å². The van der Waals surface area contributed by atoms with Crippen LogP contribution in [0.2, 0.25) is 0 Å². The van der Waals surface area contributed by atoms with Gasteiger partial charge in [0.25, 0.3) is 0 Å². The molecule has 0 atom stereocenters. The number of primary amides is 1. The fourth-order valence-electron chi connectivity index (χ4n) is 1.40. The van der Waals surface area contributed by atoms with Crippen LogP contribution in [-0.2, 0) is 20.8 Å². The molecule has 1 aromatic carbocycles. The highest BCUT2D eigenvalue weighted by Gasteiger charge is 2.09. The number of amides is 2. The van der Waals surface area contributed by atoms with Crippen LogP contribution in [0.25, 0.3) is 0 Å². The minimum Gasteiger partial charge on any atom is -0.369 e. The maximum absolute atomic E-state index is 11.4. The zero-order valence-corrected chi connectivity index (χ0v) is 9.53. The van der Waals surface area contributed by atoms with Crippen LogP contribution in [0.15, 0.2) is 24.3 Å². The number of hydrogen-bond acceptors (Lipinski definition) is 3. The van der Waals surface area contributed by atoms with Crippen molar-refractivity contribution in [2.45, 2.75) is 19.8 Å². The zero-order chi connectivity index (χ0) is 12.8. The van der Waals surface area contributed by atoms with Crippen molar-refractivity contribution in [1.29, 1.82) is 0 Å². The second-order valence-electron chi connectivity index (χ2n) is 3.73. The average molecular weight is 234 g/mol. The van der Waals surface area contributed by atoms with Crippen LogP contribution in [0.1, 0.15) is 18.9 Å². The Morgan fingerprint density at radius 2 is 1.88 bits per heavy atom. The average Bonchev–Trinajstić information content (AvgIpc) is 2.18. The number of carbonyl (C=O) groups is 3. The van der Waals surface area contributed by atoms with E-state index < -0.39 is 11.8 Å². The van der Waals surface area contributed by atoms with E-state index in [1.54, 1.807) is 24.3 Å². The van der Waals surface area contributed by atoms with Crippen LogP contribution in [0, 0.1) is 0 Å². The lowest BCUT2D eigenvalue weighted by atomic mass is 10.1. The summed E-state index contributed by atoms with van der Waals surface area (Å²) in [5.41, 5.74) is 6.25. The number of nitrogens with one attached hydrogen (secondary N) is 1. The van der Waals surface area contributed by atoms with Crippen LogP contribution >= 0.6 is 0 Å². The highest BCUT2D eigenvalue weighted by Crippen LogP contribution is 2.15. The highest BCUT2D eigenvalue weighted by atomic mass is 16.2. The van der Waals surface area contributed by atoms with Gasteiger partial charge in [0, 0.05) is 5.69 Å². The summed E-state index contributed by atoms with van der Waals surface area (Å²) in [6, 6.07) is 6.84. The fourth-order valence-corrected chi connectivity index (χ4v) is 1.40. The molecule has 0 unspecified atom stereocenters. The molecule has 0 aliphatic carbocycles. The molecule has 0 bridgehead atoms. The third-order valence-corrected chi connectivity index (χ3v) is 2.07. The molecule has 0 saturated heterocycles. The molecule has 1 aromatic rings. The molecule has 0 aliphatic rings. The Balaban J connectivity index is 2.79. The summed E-state index contributed by atoms with van der Waals surface area (Å²) in [5.74, 6) is -1.08. The topological polar surface area (TPSA) is 89.3 Å². The number of benzene rings is 1. The van der Waals surface area contributed by atoms with Crippen LogP contribution in [0.4, 0.5) is 5.69 Å². The molecule has 90 valence electrons. The Bertz CT molecular complexity index is 455. The maximum atomic E-state index is 11.4. The summed E-state index contributed by atoms with van der Waals surface area (Å²) < 4.78 is 0. The van der Waals surface area contributed by atoms with Crippen molar-refractivity contribution in [1.82, 2.24) is 0 Å². The standard InChI is InChI=1S/C12H14N2O3/c1-8(15)6-12(17)14-10-5-3-2-4-9(10)7-11(13)16/h2-5H,6-7H2,1H3,(H2,13,16)(H,14,17). The monoisotopic (exact) mass is 234 g/mol. The first-order chi connectivity index (χ1) is 7.99. The molecular formula is C12H14N2O3. The van der Waals surface area contributed by atoms with Gasteiger partial charge in [-0.15, -0.1) is 0 Å². The number of Topliss-reactive ketones (excluding diaryl/α,β-unsaturated/α-hetero) is 1. The van der Waals surface area contributed by atoms with Crippen molar-refractivity contribution in [3.8, 4) is 0 Å². The van der Waals surface area contributed by atoms with Gasteiger partial charge < -0.3 is 11.1 Å².